The number of rotatable bonds is 5. The summed E-state index contributed by atoms with van der Waals surface area (Å²) in [4.78, 5) is 25.6. The number of hydrogen-bond acceptors (Lipinski definition) is 3. The highest BCUT2D eigenvalue weighted by Gasteiger charge is 2.48. The Hall–Kier alpha value is -2.05. The number of amides is 2. The minimum absolute atomic E-state index is 0.0135. The van der Waals surface area contributed by atoms with Crippen molar-refractivity contribution in [3.8, 4) is 0 Å². The van der Waals surface area contributed by atoms with Crippen molar-refractivity contribution in [2.75, 3.05) is 6.61 Å². The predicted octanol–water partition coefficient (Wildman–Crippen LogP) is 4.73. The van der Waals surface area contributed by atoms with Gasteiger partial charge in [-0.15, -0.1) is 0 Å². The number of carbonyl (C=O) groups is 2. The van der Waals surface area contributed by atoms with Gasteiger partial charge in [0.2, 0.25) is 5.91 Å². The second-order valence-corrected chi connectivity index (χ2v) is 7.43. The van der Waals surface area contributed by atoms with Gasteiger partial charge in [0.1, 0.15) is 6.61 Å². The molecule has 1 aliphatic heterocycles. The fourth-order valence-electron chi connectivity index (χ4n) is 4.18. The van der Waals surface area contributed by atoms with Crippen LogP contribution in [0.2, 0.25) is 0 Å². The Kier molecular flexibility index (Phi) is 6.07. The van der Waals surface area contributed by atoms with Gasteiger partial charge in [-0.25, -0.2) is 9.69 Å². The first kappa shape index (κ1) is 19.7. The first-order chi connectivity index (χ1) is 12.9. The summed E-state index contributed by atoms with van der Waals surface area (Å²) < 4.78 is 45.8. The van der Waals surface area contributed by atoms with Gasteiger partial charge in [0.15, 0.2) is 0 Å². The number of carbonyl (C=O) groups excluding carboxylic acids is 2. The molecule has 7 heteroatoms. The van der Waals surface area contributed by atoms with Crippen LogP contribution in [0.15, 0.2) is 30.3 Å². The molecule has 148 valence electrons. The molecule has 0 N–H and O–H groups in total. The maximum absolute atomic E-state index is 13.6. The number of ether oxygens (including phenoxy) is 1. The number of benzene rings is 1. The lowest BCUT2D eigenvalue weighted by atomic mass is 9.78. The first-order valence-electron chi connectivity index (χ1n) is 9.45. The molecule has 0 aromatic heterocycles. The van der Waals surface area contributed by atoms with Gasteiger partial charge in [-0.1, -0.05) is 49.6 Å². The smallest absolute Gasteiger partial charge is 0.416 e. The fraction of sp³-hybridized carbons (Fsp3) is 0.600. The Balaban J connectivity index is 1.72. The van der Waals surface area contributed by atoms with Crippen LogP contribution in [0.5, 0.6) is 0 Å². The monoisotopic (exact) mass is 383 g/mol. The van der Waals surface area contributed by atoms with Crippen LogP contribution in [-0.2, 0) is 16.0 Å². The Morgan fingerprint density at radius 1 is 1.15 bits per heavy atom. The molecule has 3 rings (SSSR count). The summed E-state index contributed by atoms with van der Waals surface area (Å²) in [6.07, 6.45) is -2.19. The van der Waals surface area contributed by atoms with E-state index in [1.54, 1.807) is 0 Å². The maximum atomic E-state index is 13.6. The number of alkyl halides is 3. The summed E-state index contributed by atoms with van der Waals surface area (Å²) in [5.41, 5.74) is 0.901. The molecule has 2 amide bonds. The topological polar surface area (TPSA) is 46.6 Å². The van der Waals surface area contributed by atoms with Crippen molar-refractivity contribution < 1.29 is 27.5 Å². The Labute approximate surface area is 156 Å². The standard InChI is InChI=1S/C20H24F3NO3/c21-20(22,23)17(15-9-5-2-6-10-15)12-18(25)24-16(13-27-19(24)26)11-14-7-3-1-4-8-14/h1,3-4,7-8,15-17H,2,5-6,9-13H2/t16-,17?/m1/s1. The number of hydrogen-bond donors (Lipinski definition) is 0. The summed E-state index contributed by atoms with van der Waals surface area (Å²) in [5, 5.41) is 0. The van der Waals surface area contributed by atoms with Gasteiger partial charge < -0.3 is 4.74 Å². The van der Waals surface area contributed by atoms with Gasteiger partial charge in [-0.2, -0.15) is 13.2 Å². The van der Waals surface area contributed by atoms with Crippen molar-refractivity contribution in [2.45, 2.75) is 57.2 Å². The van der Waals surface area contributed by atoms with Crippen molar-refractivity contribution in [2.24, 2.45) is 11.8 Å². The molecular formula is C20H24F3NO3. The zero-order chi connectivity index (χ0) is 19.4. The van der Waals surface area contributed by atoms with Gasteiger partial charge in [0, 0.05) is 6.42 Å². The molecule has 1 aliphatic carbocycles. The minimum atomic E-state index is -4.45. The zero-order valence-electron chi connectivity index (χ0n) is 15.1. The molecule has 1 aromatic carbocycles. The first-order valence-corrected chi connectivity index (χ1v) is 9.45. The van der Waals surface area contributed by atoms with E-state index in [9.17, 15) is 22.8 Å². The SMILES string of the molecule is O=C(CC(C1CCCCC1)C(F)(F)F)N1C(=O)OC[C@H]1Cc1ccccc1. The van der Waals surface area contributed by atoms with Gasteiger partial charge in [-0.05, 0) is 30.7 Å². The lowest BCUT2D eigenvalue weighted by Crippen LogP contribution is -2.43. The van der Waals surface area contributed by atoms with Crippen LogP contribution in [0.1, 0.15) is 44.1 Å². The molecule has 0 radical (unpaired) electrons. The van der Waals surface area contributed by atoms with Gasteiger partial charge in [-0.3, -0.25) is 4.79 Å². The van der Waals surface area contributed by atoms with E-state index in [1.165, 1.54) is 0 Å². The summed E-state index contributed by atoms with van der Waals surface area (Å²) in [7, 11) is 0. The van der Waals surface area contributed by atoms with Gasteiger partial charge in [0.25, 0.3) is 0 Å². The molecular weight excluding hydrogens is 359 g/mol. The lowest BCUT2D eigenvalue weighted by Gasteiger charge is -2.32. The number of cyclic esters (lactones) is 1. The molecule has 4 nitrogen and oxygen atoms in total. The van der Waals surface area contributed by atoms with Crippen molar-refractivity contribution in [1.82, 2.24) is 4.90 Å². The van der Waals surface area contributed by atoms with E-state index in [0.717, 1.165) is 29.7 Å². The molecule has 1 aromatic rings. The molecule has 2 aliphatic rings. The van der Waals surface area contributed by atoms with E-state index >= 15 is 0 Å². The third kappa shape index (κ3) is 4.82. The summed E-state index contributed by atoms with van der Waals surface area (Å²) in [6.45, 7) is 0.0135. The normalized spacial score (nSPS) is 22.6. The minimum Gasteiger partial charge on any atom is -0.447 e. The van der Waals surface area contributed by atoms with E-state index in [4.69, 9.17) is 4.74 Å². The molecule has 1 saturated carbocycles. The number of halogens is 3. The van der Waals surface area contributed by atoms with Crippen molar-refractivity contribution in [3.05, 3.63) is 35.9 Å². The Bertz CT molecular complexity index is 656. The molecule has 1 heterocycles. The summed E-state index contributed by atoms with van der Waals surface area (Å²) in [5.74, 6) is -3.03. The Morgan fingerprint density at radius 2 is 1.81 bits per heavy atom. The highest BCUT2D eigenvalue weighted by Crippen LogP contribution is 2.42. The van der Waals surface area contributed by atoms with Crippen LogP contribution in [0, 0.1) is 11.8 Å². The number of nitrogens with zero attached hydrogens (tertiary/aromatic N) is 1. The average molecular weight is 383 g/mol. The van der Waals surface area contributed by atoms with E-state index in [2.05, 4.69) is 0 Å². The second kappa shape index (κ2) is 8.31. The average Bonchev–Trinajstić information content (AvgIpc) is 3.00. The number of imide groups is 1. The van der Waals surface area contributed by atoms with Gasteiger partial charge >= 0.3 is 12.3 Å². The maximum Gasteiger partial charge on any atom is 0.416 e. The van der Waals surface area contributed by atoms with Crippen LogP contribution < -0.4 is 0 Å². The molecule has 27 heavy (non-hydrogen) atoms. The van der Waals surface area contributed by atoms with E-state index in [1.807, 2.05) is 30.3 Å². The second-order valence-electron chi connectivity index (χ2n) is 7.43. The van der Waals surface area contributed by atoms with Crippen LogP contribution in [0.3, 0.4) is 0 Å². The van der Waals surface area contributed by atoms with E-state index in [0.29, 0.717) is 19.3 Å². The van der Waals surface area contributed by atoms with Crippen molar-refractivity contribution in [1.29, 1.82) is 0 Å². The third-order valence-electron chi connectivity index (χ3n) is 5.58. The molecule has 0 spiro atoms. The quantitative estimate of drug-likeness (QED) is 0.739. The molecule has 0 bridgehead atoms. The van der Waals surface area contributed by atoms with Crippen LogP contribution in [0.25, 0.3) is 0 Å². The van der Waals surface area contributed by atoms with Crippen LogP contribution in [0.4, 0.5) is 18.0 Å². The highest BCUT2D eigenvalue weighted by molar-refractivity contribution is 5.93. The van der Waals surface area contributed by atoms with Crippen molar-refractivity contribution in [3.63, 3.8) is 0 Å². The third-order valence-corrected chi connectivity index (χ3v) is 5.58. The van der Waals surface area contributed by atoms with Crippen molar-refractivity contribution >= 4 is 12.0 Å². The summed E-state index contributed by atoms with van der Waals surface area (Å²) in [6, 6.07) is 8.66. The highest BCUT2D eigenvalue weighted by atomic mass is 19.4. The van der Waals surface area contributed by atoms with E-state index < -0.39 is 42.5 Å². The zero-order valence-corrected chi connectivity index (χ0v) is 15.1. The summed E-state index contributed by atoms with van der Waals surface area (Å²) >= 11 is 0. The molecule has 1 unspecified atom stereocenters. The predicted molar refractivity (Wildman–Crippen MR) is 92.9 cm³/mol. The molecule has 1 saturated heterocycles. The Morgan fingerprint density at radius 3 is 2.44 bits per heavy atom. The lowest BCUT2D eigenvalue weighted by molar-refractivity contribution is -0.196. The fourth-order valence-corrected chi connectivity index (χ4v) is 4.18. The van der Waals surface area contributed by atoms with Crippen LogP contribution >= 0.6 is 0 Å². The van der Waals surface area contributed by atoms with E-state index in [-0.39, 0.29) is 6.61 Å². The molecule has 2 fully saturated rings. The van der Waals surface area contributed by atoms with Crippen LogP contribution in [-0.4, -0.2) is 35.7 Å². The molecule has 2 atom stereocenters. The largest absolute Gasteiger partial charge is 0.447 e. The van der Waals surface area contributed by atoms with Gasteiger partial charge in [0.05, 0.1) is 12.0 Å².